The first kappa shape index (κ1) is 15.7. The summed E-state index contributed by atoms with van der Waals surface area (Å²) >= 11 is 1.59. The molecule has 7 heteroatoms. The third-order valence-electron chi connectivity index (χ3n) is 4.20. The lowest BCUT2D eigenvalue weighted by molar-refractivity contribution is 0.0561. The van der Waals surface area contributed by atoms with Crippen LogP contribution in [0.5, 0.6) is 0 Å². The lowest BCUT2D eigenvalue weighted by atomic mass is 10.2. The largest absolute Gasteiger partial charge is 0.377 e. The fourth-order valence-electron chi connectivity index (χ4n) is 2.96. The van der Waals surface area contributed by atoms with Gasteiger partial charge in [-0.15, -0.1) is 11.3 Å². The van der Waals surface area contributed by atoms with Crippen molar-refractivity contribution in [3.63, 3.8) is 0 Å². The molecular weight excluding hydrogens is 300 g/mol. The molecule has 2 aliphatic rings. The average molecular weight is 324 g/mol. The summed E-state index contributed by atoms with van der Waals surface area (Å²) in [5.74, 6) is 0. The third kappa shape index (κ3) is 4.18. The summed E-state index contributed by atoms with van der Waals surface area (Å²) in [6, 6.07) is 0.0182. The van der Waals surface area contributed by atoms with E-state index >= 15 is 0 Å². The predicted octanol–water partition coefficient (Wildman–Crippen LogP) is 1.46. The van der Waals surface area contributed by atoms with E-state index < -0.39 is 0 Å². The van der Waals surface area contributed by atoms with Gasteiger partial charge in [-0.05, 0) is 19.8 Å². The molecule has 2 aliphatic heterocycles. The van der Waals surface area contributed by atoms with Crippen molar-refractivity contribution in [3.8, 4) is 0 Å². The number of hydrogen-bond acceptors (Lipinski definition) is 5. The minimum atomic E-state index is 0.0182. The van der Waals surface area contributed by atoms with Crippen molar-refractivity contribution in [1.29, 1.82) is 0 Å². The Morgan fingerprint density at radius 3 is 2.91 bits per heavy atom. The van der Waals surface area contributed by atoms with Crippen molar-refractivity contribution in [1.82, 2.24) is 20.1 Å². The molecule has 1 atom stereocenters. The van der Waals surface area contributed by atoms with E-state index in [0.717, 1.165) is 50.0 Å². The summed E-state index contributed by atoms with van der Waals surface area (Å²) in [5.41, 5.74) is 1.01. The van der Waals surface area contributed by atoms with Gasteiger partial charge in [0.15, 0.2) is 0 Å². The van der Waals surface area contributed by atoms with Crippen LogP contribution in [0.15, 0.2) is 5.38 Å². The standard InChI is InChI=1S/C15H24N4O2S/c1-12-11-22-14(17-12)9-16-15(20)19-6-4-18(5-7-19)10-13-3-2-8-21-13/h11,13H,2-10H2,1H3,(H,16,20)/t13-/m0/s1. The minimum Gasteiger partial charge on any atom is -0.377 e. The zero-order valence-electron chi connectivity index (χ0n) is 13.1. The number of aryl methyl sites for hydroxylation is 1. The number of urea groups is 1. The monoisotopic (exact) mass is 324 g/mol. The molecule has 0 aliphatic carbocycles. The SMILES string of the molecule is Cc1csc(CNC(=O)N2CCN(C[C@@H]3CCCO3)CC2)n1. The molecular formula is C15H24N4O2S. The summed E-state index contributed by atoms with van der Waals surface area (Å²) in [6.07, 6.45) is 2.76. The van der Waals surface area contributed by atoms with Gasteiger partial charge in [-0.3, -0.25) is 4.90 Å². The van der Waals surface area contributed by atoms with Crippen molar-refractivity contribution < 1.29 is 9.53 Å². The molecule has 0 spiro atoms. The molecule has 6 nitrogen and oxygen atoms in total. The molecule has 0 aromatic carbocycles. The van der Waals surface area contributed by atoms with Gasteiger partial charge >= 0.3 is 6.03 Å². The van der Waals surface area contributed by atoms with Crippen LogP contribution in [0.1, 0.15) is 23.5 Å². The van der Waals surface area contributed by atoms with Gasteiger partial charge in [0.2, 0.25) is 0 Å². The van der Waals surface area contributed by atoms with Gasteiger partial charge in [-0.25, -0.2) is 9.78 Å². The van der Waals surface area contributed by atoms with Crippen LogP contribution < -0.4 is 5.32 Å². The quantitative estimate of drug-likeness (QED) is 0.911. The Morgan fingerprint density at radius 1 is 1.45 bits per heavy atom. The van der Waals surface area contributed by atoms with Gasteiger partial charge in [0.25, 0.3) is 0 Å². The van der Waals surface area contributed by atoms with Crippen LogP contribution in [0.25, 0.3) is 0 Å². The Labute approximate surface area is 135 Å². The number of carbonyl (C=O) groups is 1. The van der Waals surface area contributed by atoms with Crippen molar-refractivity contribution in [2.45, 2.75) is 32.4 Å². The van der Waals surface area contributed by atoms with Crippen LogP contribution in [-0.4, -0.2) is 66.2 Å². The maximum Gasteiger partial charge on any atom is 0.317 e. The van der Waals surface area contributed by atoms with E-state index in [4.69, 9.17) is 4.74 Å². The second-order valence-corrected chi connectivity index (χ2v) is 6.91. The summed E-state index contributed by atoms with van der Waals surface area (Å²) in [5, 5.41) is 5.93. The molecule has 1 N–H and O–H groups in total. The van der Waals surface area contributed by atoms with E-state index in [9.17, 15) is 4.79 Å². The molecule has 22 heavy (non-hydrogen) atoms. The van der Waals surface area contributed by atoms with Crippen molar-refractivity contribution in [2.75, 3.05) is 39.3 Å². The van der Waals surface area contributed by atoms with Crippen LogP contribution in [0, 0.1) is 6.92 Å². The number of rotatable bonds is 4. The molecule has 122 valence electrons. The van der Waals surface area contributed by atoms with E-state index in [-0.39, 0.29) is 6.03 Å². The Bertz CT molecular complexity index is 493. The van der Waals surface area contributed by atoms with Gasteiger partial charge in [-0.1, -0.05) is 0 Å². The van der Waals surface area contributed by atoms with Crippen LogP contribution in [0.2, 0.25) is 0 Å². The second-order valence-electron chi connectivity index (χ2n) is 5.96. The van der Waals surface area contributed by atoms with E-state index in [0.29, 0.717) is 12.6 Å². The zero-order valence-corrected chi connectivity index (χ0v) is 13.9. The summed E-state index contributed by atoms with van der Waals surface area (Å²) in [6.45, 7) is 7.85. The van der Waals surface area contributed by atoms with Gasteiger partial charge in [0, 0.05) is 50.4 Å². The molecule has 2 saturated heterocycles. The minimum absolute atomic E-state index is 0.0182. The smallest absolute Gasteiger partial charge is 0.317 e. The number of carbonyl (C=O) groups excluding carboxylic acids is 1. The van der Waals surface area contributed by atoms with Crippen molar-refractivity contribution >= 4 is 17.4 Å². The van der Waals surface area contributed by atoms with E-state index in [2.05, 4.69) is 15.2 Å². The molecule has 0 unspecified atom stereocenters. The maximum atomic E-state index is 12.2. The van der Waals surface area contributed by atoms with Crippen LogP contribution in [0.4, 0.5) is 4.79 Å². The highest BCUT2D eigenvalue weighted by molar-refractivity contribution is 7.09. The number of aromatic nitrogens is 1. The molecule has 3 rings (SSSR count). The van der Waals surface area contributed by atoms with Crippen molar-refractivity contribution in [2.24, 2.45) is 0 Å². The number of nitrogens with zero attached hydrogens (tertiary/aromatic N) is 3. The van der Waals surface area contributed by atoms with Gasteiger partial charge in [0.05, 0.1) is 12.6 Å². The molecule has 0 bridgehead atoms. The van der Waals surface area contributed by atoms with E-state index in [1.165, 1.54) is 12.8 Å². The van der Waals surface area contributed by atoms with Crippen LogP contribution >= 0.6 is 11.3 Å². The fourth-order valence-corrected chi connectivity index (χ4v) is 3.67. The number of hydrogen-bond donors (Lipinski definition) is 1. The molecule has 2 fully saturated rings. The normalized spacial score (nSPS) is 23.0. The summed E-state index contributed by atoms with van der Waals surface area (Å²) in [4.78, 5) is 20.8. The summed E-state index contributed by atoms with van der Waals surface area (Å²) in [7, 11) is 0. The zero-order chi connectivity index (χ0) is 15.4. The number of piperazine rings is 1. The molecule has 2 amide bonds. The molecule has 1 aromatic heterocycles. The van der Waals surface area contributed by atoms with Crippen molar-refractivity contribution in [3.05, 3.63) is 16.1 Å². The molecule has 3 heterocycles. The van der Waals surface area contributed by atoms with E-state index in [1.807, 2.05) is 17.2 Å². The Kier molecular flexibility index (Phi) is 5.28. The van der Waals surface area contributed by atoms with Gasteiger partial charge in [-0.2, -0.15) is 0 Å². The maximum absolute atomic E-state index is 12.2. The van der Waals surface area contributed by atoms with Crippen LogP contribution in [-0.2, 0) is 11.3 Å². The topological polar surface area (TPSA) is 57.7 Å². The number of thiazole rings is 1. The second kappa shape index (κ2) is 7.39. The molecule has 0 saturated carbocycles. The first-order valence-corrected chi connectivity index (χ1v) is 8.86. The van der Waals surface area contributed by atoms with Gasteiger partial charge < -0.3 is 15.0 Å². The van der Waals surface area contributed by atoms with Gasteiger partial charge in [0.1, 0.15) is 5.01 Å². The molecule has 1 aromatic rings. The lowest BCUT2D eigenvalue weighted by Crippen LogP contribution is -2.52. The highest BCUT2D eigenvalue weighted by atomic mass is 32.1. The summed E-state index contributed by atoms with van der Waals surface area (Å²) < 4.78 is 5.68. The Balaban J connectivity index is 1.37. The Morgan fingerprint density at radius 2 is 2.27 bits per heavy atom. The number of amides is 2. The van der Waals surface area contributed by atoms with E-state index in [1.54, 1.807) is 11.3 Å². The number of nitrogens with one attached hydrogen (secondary N) is 1. The fraction of sp³-hybridized carbons (Fsp3) is 0.733. The first-order valence-electron chi connectivity index (χ1n) is 7.98. The predicted molar refractivity (Wildman–Crippen MR) is 86.1 cm³/mol. The number of ether oxygens (including phenoxy) is 1. The van der Waals surface area contributed by atoms with Crippen LogP contribution in [0.3, 0.4) is 0 Å². The average Bonchev–Trinajstić information content (AvgIpc) is 3.17. The highest BCUT2D eigenvalue weighted by Crippen LogP contribution is 2.14. The molecule has 0 radical (unpaired) electrons. The highest BCUT2D eigenvalue weighted by Gasteiger charge is 2.24. The first-order chi connectivity index (χ1) is 10.7. The third-order valence-corrected chi connectivity index (χ3v) is 5.17. The Hall–Kier alpha value is -1.18. The lowest BCUT2D eigenvalue weighted by Gasteiger charge is -2.35.